The molecule has 59 valence electrons. The Bertz CT molecular complexity index is 319. The van der Waals surface area contributed by atoms with Gasteiger partial charge in [0.25, 0.3) is 0 Å². The molecule has 0 spiro atoms. The van der Waals surface area contributed by atoms with Gasteiger partial charge in [-0.1, -0.05) is 0 Å². The Morgan fingerprint density at radius 1 is 1.18 bits per heavy atom. The first kappa shape index (κ1) is 8.91. The Morgan fingerprint density at radius 3 is 2.18 bits per heavy atom. The van der Waals surface area contributed by atoms with Gasteiger partial charge >= 0.3 is 76.8 Å². The zero-order valence-corrected chi connectivity index (χ0v) is 8.25. The molecule has 0 aromatic heterocycles. The van der Waals surface area contributed by atoms with Crippen LogP contribution in [0.2, 0.25) is 0 Å². The van der Waals surface area contributed by atoms with Crippen molar-refractivity contribution < 1.29 is 31.4 Å². The molecule has 0 saturated heterocycles. The van der Waals surface area contributed by atoms with E-state index in [2.05, 4.69) is 2.84 Å². The molecule has 0 aliphatic heterocycles. The Balaban J connectivity index is 3.14. The Labute approximate surface area is 76.9 Å². The summed E-state index contributed by atoms with van der Waals surface area (Å²) in [5.74, 6) is 0. The van der Waals surface area contributed by atoms with Crippen molar-refractivity contribution in [2.24, 2.45) is 0 Å². The molecular weight excluding hydrogens is 248 g/mol. The van der Waals surface area contributed by atoms with Gasteiger partial charge in [0.1, 0.15) is 0 Å². The van der Waals surface area contributed by atoms with Crippen molar-refractivity contribution in [3.63, 3.8) is 0 Å². The molecule has 0 radical (unpaired) electrons. The van der Waals surface area contributed by atoms with Gasteiger partial charge in [0.05, 0.1) is 0 Å². The predicted molar refractivity (Wildman–Crippen MR) is 34.7 cm³/mol. The second-order valence-corrected chi connectivity index (χ2v) is 4.35. The Morgan fingerprint density at radius 2 is 1.73 bits per heavy atom. The second-order valence-electron chi connectivity index (χ2n) is 1.84. The van der Waals surface area contributed by atoms with Crippen molar-refractivity contribution in [3.05, 3.63) is 30.3 Å². The fourth-order valence-corrected chi connectivity index (χ4v) is 1.77. The molecule has 0 atom stereocenters. The third-order valence-electron chi connectivity index (χ3n) is 1.12. The molecule has 5 heteroatoms. The Kier molecular flexibility index (Phi) is 2.82. The first-order valence-corrected chi connectivity index (χ1v) is 5.01. The summed E-state index contributed by atoms with van der Waals surface area (Å²) in [6.07, 6.45) is 0. The summed E-state index contributed by atoms with van der Waals surface area (Å²) in [6, 6.07) is 8.01. The SMILES string of the molecule is O=S(=O)([O][Mo])c1ccccc1. The normalized spacial score (nSPS) is 11.3. The van der Waals surface area contributed by atoms with Gasteiger partial charge in [-0.05, 0) is 0 Å². The fraction of sp³-hybridized carbons (Fsp3) is 0. The molecule has 0 amide bonds. The van der Waals surface area contributed by atoms with Crippen LogP contribution < -0.4 is 0 Å². The summed E-state index contributed by atoms with van der Waals surface area (Å²) < 4.78 is 26.3. The van der Waals surface area contributed by atoms with Gasteiger partial charge < -0.3 is 0 Å². The van der Waals surface area contributed by atoms with E-state index < -0.39 is 10.1 Å². The van der Waals surface area contributed by atoms with E-state index in [1.807, 2.05) is 0 Å². The van der Waals surface area contributed by atoms with Gasteiger partial charge in [-0.2, -0.15) is 0 Å². The van der Waals surface area contributed by atoms with Crippen molar-refractivity contribution in [1.82, 2.24) is 0 Å². The quantitative estimate of drug-likeness (QED) is 0.734. The zero-order valence-electron chi connectivity index (χ0n) is 5.43. The van der Waals surface area contributed by atoms with Crippen LogP contribution >= 0.6 is 0 Å². The number of hydrogen-bond donors (Lipinski definition) is 0. The molecule has 0 fully saturated rings. The van der Waals surface area contributed by atoms with Crippen LogP contribution in [0.4, 0.5) is 0 Å². The fourth-order valence-electron chi connectivity index (χ4n) is 0.626. The molecule has 1 aromatic rings. The topological polar surface area (TPSA) is 43.4 Å². The van der Waals surface area contributed by atoms with Crippen molar-refractivity contribution in [1.29, 1.82) is 0 Å². The molecule has 0 aliphatic rings. The molecule has 0 bridgehead atoms. The third kappa shape index (κ3) is 2.12. The van der Waals surface area contributed by atoms with E-state index in [0.717, 1.165) is 20.2 Å². The van der Waals surface area contributed by atoms with E-state index in [-0.39, 0.29) is 4.90 Å². The van der Waals surface area contributed by atoms with Crippen LogP contribution in [-0.2, 0) is 33.1 Å². The van der Waals surface area contributed by atoms with Gasteiger partial charge in [0.15, 0.2) is 0 Å². The van der Waals surface area contributed by atoms with Gasteiger partial charge in [0.2, 0.25) is 0 Å². The molecule has 0 aliphatic carbocycles. The van der Waals surface area contributed by atoms with Crippen LogP contribution in [0.15, 0.2) is 35.2 Å². The minimum absolute atomic E-state index is 0.185. The van der Waals surface area contributed by atoms with Crippen LogP contribution in [0.5, 0.6) is 0 Å². The average molecular weight is 253 g/mol. The third-order valence-corrected chi connectivity index (χ3v) is 3.47. The van der Waals surface area contributed by atoms with Gasteiger partial charge in [-0.3, -0.25) is 0 Å². The van der Waals surface area contributed by atoms with E-state index >= 15 is 0 Å². The van der Waals surface area contributed by atoms with E-state index in [4.69, 9.17) is 0 Å². The predicted octanol–water partition coefficient (Wildman–Crippen LogP) is 0.854. The summed E-state index contributed by atoms with van der Waals surface area (Å²) in [7, 11) is -3.49. The molecule has 11 heavy (non-hydrogen) atoms. The summed E-state index contributed by atoms with van der Waals surface area (Å²) in [6.45, 7) is 0. The van der Waals surface area contributed by atoms with Crippen LogP contribution in [0, 0.1) is 0 Å². The molecule has 3 nitrogen and oxygen atoms in total. The minimum atomic E-state index is -3.49. The van der Waals surface area contributed by atoms with Gasteiger partial charge in [-0.25, -0.2) is 0 Å². The number of benzene rings is 1. The number of rotatable bonds is 2. The molecule has 0 unspecified atom stereocenters. The van der Waals surface area contributed by atoms with Crippen LogP contribution in [0.3, 0.4) is 0 Å². The van der Waals surface area contributed by atoms with Crippen molar-refractivity contribution in [2.45, 2.75) is 4.90 Å². The van der Waals surface area contributed by atoms with Gasteiger partial charge in [0, 0.05) is 0 Å². The molecular formula is C6H5MoO3S. The van der Waals surface area contributed by atoms with Crippen molar-refractivity contribution in [3.8, 4) is 0 Å². The Hall–Kier alpha value is -0.182. The first-order valence-electron chi connectivity index (χ1n) is 2.78. The van der Waals surface area contributed by atoms with E-state index in [1.165, 1.54) is 12.1 Å². The van der Waals surface area contributed by atoms with E-state index in [1.54, 1.807) is 18.2 Å². The first-order chi connectivity index (χ1) is 5.17. The van der Waals surface area contributed by atoms with E-state index in [0.29, 0.717) is 0 Å². The maximum atomic E-state index is 11.0. The summed E-state index contributed by atoms with van der Waals surface area (Å²) >= 11 is 1.07. The molecule has 1 rings (SSSR count). The van der Waals surface area contributed by atoms with Crippen LogP contribution in [0.1, 0.15) is 0 Å². The van der Waals surface area contributed by atoms with Crippen molar-refractivity contribution >= 4 is 10.1 Å². The monoisotopic (exact) mass is 255 g/mol. The van der Waals surface area contributed by atoms with E-state index in [9.17, 15) is 8.42 Å². The average Bonchev–Trinajstić information content (AvgIpc) is 2.06. The van der Waals surface area contributed by atoms with Gasteiger partial charge in [-0.15, -0.1) is 0 Å². The second kappa shape index (κ2) is 3.48. The molecule has 0 saturated carbocycles. The summed E-state index contributed by atoms with van der Waals surface area (Å²) in [4.78, 5) is 0.185. The molecule has 1 aromatic carbocycles. The standard InChI is InChI=1S/C6H6O3S.Mo/c7-10(8,9)6-4-2-1-3-5-6;/h1-5H,(H,7,8,9);/q;+1/p-1. The van der Waals surface area contributed by atoms with Crippen LogP contribution in [0.25, 0.3) is 0 Å². The zero-order chi connectivity index (χ0) is 8.32. The molecule has 0 heterocycles. The summed E-state index contributed by atoms with van der Waals surface area (Å²) in [5.41, 5.74) is 0. The summed E-state index contributed by atoms with van der Waals surface area (Å²) in [5, 5.41) is 0. The maximum absolute atomic E-state index is 11.0. The van der Waals surface area contributed by atoms with Crippen molar-refractivity contribution in [2.75, 3.05) is 0 Å². The molecule has 0 N–H and O–H groups in total. The van der Waals surface area contributed by atoms with Crippen LogP contribution in [-0.4, -0.2) is 8.42 Å². The number of hydrogen-bond acceptors (Lipinski definition) is 3.